The molecule has 4 N–H and O–H groups in total. The lowest BCUT2D eigenvalue weighted by Crippen LogP contribution is -2.58. The van der Waals surface area contributed by atoms with E-state index in [9.17, 15) is 24.5 Å². The summed E-state index contributed by atoms with van der Waals surface area (Å²) in [5.74, 6) is 0.421. The number of carbonyl (C=O) groups is 1. The first-order valence-electron chi connectivity index (χ1n) is 8.86. The van der Waals surface area contributed by atoms with Crippen molar-refractivity contribution in [3.63, 3.8) is 0 Å². The molecule has 0 bridgehead atoms. The van der Waals surface area contributed by atoms with Crippen molar-refractivity contribution in [3.8, 4) is 11.5 Å². The van der Waals surface area contributed by atoms with Crippen LogP contribution in [-0.2, 0) is 11.3 Å². The molecule has 0 aliphatic carbocycles. The van der Waals surface area contributed by atoms with Gasteiger partial charge in [-0.05, 0) is 29.1 Å². The number of aliphatic hydroxyl groups is 3. The van der Waals surface area contributed by atoms with Crippen molar-refractivity contribution in [2.75, 3.05) is 13.7 Å². The summed E-state index contributed by atoms with van der Waals surface area (Å²) in [6.07, 6.45) is -8.19. The van der Waals surface area contributed by atoms with Crippen LogP contribution in [0.1, 0.15) is 15.2 Å². The van der Waals surface area contributed by atoms with E-state index in [1.54, 1.807) is 24.6 Å². The minimum Gasteiger partial charge on any atom is -0.497 e. The molecule has 29 heavy (non-hydrogen) atoms. The first-order valence-corrected chi connectivity index (χ1v) is 9.74. The summed E-state index contributed by atoms with van der Waals surface area (Å²) in [5.41, 5.74) is 0.868. The fourth-order valence-corrected chi connectivity index (χ4v) is 3.56. The zero-order chi connectivity index (χ0) is 21.0. The number of hydrogen-bond acceptors (Lipinski definition) is 8. The molecule has 8 nitrogen and oxygen atoms in total. The Bertz CT molecular complexity index is 813. The summed E-state index contributed by atoms with van der Waals surface area (Å²) in [4.78, 5) is 12.8. The van der Waals surface area contributed by atoms with Gasteiger partial charge in [-0.2, -0.15) is 0 Å². The van der Waals surface area contributed by atoms with Crippen LogP contribution in [0.25, 0.3) is 0 Å². The SMILES string of the molecule is COc1ccc(CNC(=O)c2sccc2OC2OC(CO)[C@H](F)C(O)C2O)cc1. The van der Waals surface area contributed by atoms with Crippen molar-refractivity contribution in [1.29, 1.82) is 0 Å². The standard InChI is InChI=1S/C19H22FNO7S/c1-26-11-4-2-10(3-5-11)8-21-18(25)17-12(6-7-29-17)27-19-16(24)15(23)14(20)13(9-22)28-19/h2-7,13-16,19,22-24H,8-9H2,1H3,(H,21,25)/t13?,14-,15?,16?,19?/m0/s1. The Kier molecular flexibility index (Phi) is 7.04. The molecule has 0 radical (unpaired) electrons. The normalized spacial score (nSPS) is 26.7. The molecule has 1 saturated heterocycles. The Morgan fingerprint density at radius 3 is 2.62 bits per heavy atom. The van der Waals surface area contributed by atoms with Crippen LogP contribution in [-0.4, -0.2) is 65.7 Å². The van der Waals surface area contributed by atoms with Gasteiger partial charge in [-0.15, -0.1) is 11.3 Å². The number of carbonyl (C=O) groups excluding carboxylic acids is 1. The van der Waals surface area contributed by atoms with E-state index in [0.29, 0.717) is 5.75 Å². The highest BCUT2D eigenvalue weighted by Gasteiger charge is 2.46. The van der Waals surface area contributed by atoms with Crippen LogP contribution in [0.15, 0.2) is 35.7 Å². The van der Waals surface area contributed by atoms with E-state index in [2.05, 4.69) is 5.32 Å². The third-order valence-electron chi connectivity index (χ3n) is 4.49. The van der Waals surface area contributed by atoms with E-state index in [-0.39, 0.29) is 17.2 Å². The third kappa shape index (κ3) is 4.85. The molecule has 4 unspecified atom stereocenters. The van der Waals surface area contributed by atoms with Gasteiger partial charge in [0.2, 0.25) is 6.29 Å². The number of rotatable bonds is 7. The number of amides is 1. The van der Waals surface area contributed by atoms with Crippen LogP contribution in [0.3, 0.4) is 0 Å². The van der Waals surface area contributed by atoms with Gasteiger partial charge >= 0.3 is 0 Å². The Labute approximate surface area is 170 Å². The van der Waals surface area contributed by atoms with E-state index in [4.69, 9.17) is 14.2 Å². The molecular weight excluding hydrogens is 405 g/mol. The van der Waals surface area contributed by atoms with Crippen molar-refractivity contribution in [3.05, 3.63) is 46.2 Å². The second-order valence-electron chi connectivity index (χ2n) is 6.41. The molecule has 158 valence electrons. The van der Waals surface area contributed by atoms with Gasteiger partial charge in [0.05, 0.1) is 13.7 Å². The molecule has 5 atom stereocenters. The lowest BCUT2D eigenvalue weighted by atomic mass is 10.0. The fraction of sp³-hybridized carbons (Fsp3) is 0.421. The molecule has 3 rings (SSSR count). The molecule has 0 saturated carbocycles. The first kappa shape index (κ1) is 21.5. The Morgan fingerprint density at radius 2 is 1.97 bits per heavy atom. The van der Waals surface area contributed by atoms with E-state index < -0.39 is 43.3 Å². The Morgan fingerprint density at radius 1 is 1.24 bits per heavy atom. The van der Waals surface area contributed by atoms with Crippen molar-refractivity contribution in [1.82, 2.24) is 5.32 Å². The molecule has 1 aromatic carbocycles. The molecule has 1 aliphatic heterocycles. The van der Waals surface area contributed by atoms with Gasteiger partial charge < -0.3 is 34.8 Å². The van der Waals surface area contributed by atoms with Crippen LogP contribution in [0, 0.1) is 0 Å². The maximum Gasteiger partial charge on any atom is 0.265 e. The van der Waals surface area contributed by atoms with Crippen molar-refractivity contribution < 1.29 is 38.7 Å². The lowest BCUT2D eigenvalue weighted by Gasteiger charge is -2.38. The van der Waals surface area contributed by atoms with Crippen molar-refractivity contribution in [2.24, 2.45) is 0 Å². The third-order valence-corrected chi connectivity index (χ3v) is 5.38. The number of benzene rings is 1. The van der Waals surface area contributed by atoms with Gasteiger partial charge in [-0.1, -0.05) is 12.1 Å². The van der Waals surface area contributed by atoms with Crippen LogP contribution in [0.2, 0.25) is 0 Å². The van der Waals surface area contributed by atoms with Crippen LogP contribution < -0.4 is 14.8 Å². The molecule has 10 heteroatoms. The number of methoxy groups -OCH3 is 1. The highest BCUT2D eigenvalue weighted by Crippen LogP contribution is 2.30. The van der Waals surface area contributed by atoms with E-state index in [0.717, 1.165) is 16.9 Å². The number of alkyl halides is 1. The minimum atomic E-state index is -1.95. The molecule has 1 aromatic heterocycles. The maximum atomic E-state index is 13.8. The molecule has 1 amide bonds. The zero-order valence-electron chi connectivity index (χ0n) is 15.5. The highest BCUT2D eigenvalue weighted by atomic mass is 32.1. The number of halogens is 1. The van der Waals surface area contributed by atoms with Gasteiger partial charge in [-0.25, -0.2) is 4.39 Å². The molecule has 1 aliphatic rings. The molecule has 2 aromatic rings. The van der Waals surface area contributed by atoms with Gasteiger partial charge in [0.25, 0.3) is 5.91 Å². The number of thiophene rings is 1. The summed E-state index contributed by atoms with van der Waals surface area (Å²) >= 11 is 1.12. The minimum absolute atomic E-state index is 0.118. The summed E-state index contributed by atoms with van der Waals surface area (Å²) < 4.78 is 29.6. The molecule has 0 spiro atoms. The van der Waals surface area contributed by atoms with E-state index in [1.807, 2.05) is 12.1 Å². The van der Waals surface area contributed by atoms with Gasteiger partial charge in [-0.3, -0.25) is 4.79 Å². The number of hydrogen-bond donors (Lipinski definition) is 4. The van der Waals surface area contributed by atoms with Crippen LogP contribution >= 0.6 is 11.3 Å². The van der Waals surface area contributed by atoms with Crippen molar-refractivity contribution in [2.45, 2.75) is 37.3 Å². The summed E-state index contributed by atoms with van der Waals surface area (Å²) in [5, 5.41) is 33.4. The number of ether oxygens (including phenoxy) is 3. The van der Waals surface area contributed by atoms with E-state index in [1.165, 1.54) is 6.07 Å². The van der Waals surface area contributed by atoms with Gasteiger partial charge in [0.1, 0.15) is 34.7 Å². The number of nitrogens with one attached hydrogen (secondary N) is 1. The highest BCUT2D eigenvalue weighted by molar-refractivity contribution is 7.12. The maximum absolute atomic E-state index is 13.8. The summed E-state index contributed by atoms with van der Waals surface area (Å²) in [6, 6.07) is 8.71. The molecule has 2 heterocycles. The summed E-state index contributed by atoms with van der Waals surface area (Å²) in [7, 11) is 1.57. The van der Waals surface area contributed by atoms with Crippen LogP contribution in [0.4, 0.5) is 4.39 Å². The fourth-order valence-electron chi connectivity index (χ4n) is 2.83. The summed E-state index contributed by atoms with van der Waals surface area (Å²) in [6.45, 7) is -0.415. The Balaban J connectivity index is 1.64. The van der Waals surface area contributed by atoms with Gasteiger partial charge in [0.15, 0.2) is 6.17 Å². The lowest BCUT2D eigenvalue weighted by molar-refractivity contribution is -0.265. The second kappa shape index (κ2) is 9.51. The quantitative estimate of drug-likeness (QED) is 0.517. The number of aliphatic hydroxyl groups excluding tert-OH is 3. The Hall–Kier alpha value is -2.24. The van der Waals surface area contributed by atoms with Crippen molar-refractivity contribution >= 4 is 17.2 Å². The molecule has 1 fully saturated rings. The largest absolute Gasteiger partial charge is 0.497 e. The second-order valence-corrected chi connectivity index (χ2v) is 7.33. The predicted molar refractivity (Wildman–Crippen MR) is 102 cm³/mol. The van der Waals surface area contributed by atoms with E-state index >= 15 is 0 Å². The molecular formula is C19H22FNO7S. The van der Waals surface area contributed by atoms with Gasteiger partial charge in [0, 0.05) is 6.54 Å². The zero-order valence-corrected chi connectivity index (χ0v) is 16.3. The monoisotopic (exact) mass is 427 g/mol. The first-order chi connectivity index (χ1) is 13.9. The topological polar surface area (TPSA) is 117 Å². The van der Waals surface area contributed by atoms with Crippen LogP contribution in [0.5, 0.6) is 11.5 Å². The smallest absolute Gasteiger partial charge is 0.265 e. The average molecular weight is 427 g/mol. The predicted octanol–water partition coefficient (Wildman–Crippen LogP) is 0.843. The average Bonchev–Trinajstić information content (AvgIpc) is 3.21.